The molecule has 0 spiro atoms. The topological polar surface area (TPSA) is 91.6 Å². The van der Waals surface area contributed by atoms with Gasteiger partial charge in [0, 0.05) is 51.2 Å². The fraction of sp³-hybridized carbons (Fsp3) is 0.591. The van der Waals surface area contributed by atoms with Gasteiger partial charge in [-0.2, -0.15) is 22.1 Å². The average Bonchev–Trinajstić information content (AvgIpc) is 3.16. The van der Waals surface area contributed by atoms with Crippen LogP contribution in [0.15, 0.2) is 24.4 Å². The summed E-state index contributed by atoms with van der Waals surface area (Å²) in [7, 11) is -1.81. The van der Waals surface area contributed by atoms with E-state index in [1.54, 1.807) is 39.3 Å². The second-order valence-electron chi connectivity index (χ2n) is 8.75. The van der Waals surface area contributed by atoms with E-state index < -0.39 is 10.2 Å². The van der Waals surface area contributed by atoms with E-state index in [1.807, 2.05) is 19.9 Å². The quantitative estimate of drug-likeness (QED) is 0.682. The Kier molecular flexibility index (Phi) is 6.64. The lowest BCUT2D eigenvalue weighted by Gasteiger charge is -2.38. The van der Waals surface area contributed by atoms with Crippen LogP contribution in [0.4, 0.5) is 0 Å². The molecular formula is C22H32N6O3S. The molecule has 174 valence electrons. The number of hydrogen-bond donors (Lipinski definition) is 0. The third-order valence-electron chi connectivity index (χ3n) is 6.53. The van der Waals surface area contributed by atoms with Crippen LogP contribution in [0.3, 0.4) is 0 Å². The number of carbonyl (C=O) groups is 1. The van der Waals surface area contributed by atoms with E-state index in [2.05, 4.69) is 10.1 Å². The maximum Gasteiger partial charge on any atom is 0.282 e. The summed E-state index contributed by atoms with van der Waals surface area (Å²) >= 11 is 0. The van der Waals surface area contributed by atoms with Crippen LogP contribution >= 0.6 is 0 Å². The predicted molar refractivity (Wildman–Crippen MR) is 122 cm³/mol. The fourth-order valence-electron chi connectivity index (χ4n) is 4.62. The number of amides is 1. The van der Waals surface area contributed by atoms with Crippen molar-refractivity contribution in [1.82, 2.24) is 28.3 Å². The highest BCUT2D eigenvalue weighted by Crippen LogP contribution is 2.25. The summed E-state index contributed by atoms with van der Waals surface area (Å²) in [5.41, 5.74) is 2.38. The molecule has 2 aromatic rings. The van der Waals surface area contributed by atoms with E-state index in [0.29, 0.717) is 37.6 Å². The number of pyridine rings is 1. The number of nitrogens with zero attached hydrogens (tertiary/aromatic N) is 6. The van der Waals surface area contributed by atoms with Crippen molar-refractivity contribution in [2.24, 2.45) is 0 Å². The Balaban J connectivity index is 1.37. The van der Waals surface area contributed by atoms with Crippen molar-refractivity contribution >= 4 is 16.1 Å². The molecular weight excluding hydrogens is 428 g/mol. The SMILES string of the molecule is Cc1cc(C)n(-c2ccc(C(=O)N3CCN(S(=O)(=O)N(C)C4CCCCC4)CC3)cn2)n1. The Hall–Kier alpha value is -2.30. The number of aryl methyl sites for hydroxylation is 2. The first-order valence-corrected chi connectivity index (χ1v) is 12.7. The summed E-state index contributed by atoms with van der Waals surface area (Å²) in [5.74, 6) is 0.531. The highest BCUT2D eigenvalue weighted by Gasteiger charge is 2.35. The summed E-state index contributed by atoms with van der Waals surface area (Å²) in [6.45, 7) is 5.24. The zero-order valence-electron chi connectivity index (χ0n) is 19.1. The number of piperazine rings is 1. The molecule has 2 fully saturated rings. The van der Waals surface area contributed by atoms with Gasteiger partial charge in [-0.05, 0) is 44.9 Å². The van der Waals surface area contributed by atoms with Gasteiger partial charge in [-0.15, -0.1) is 0 Å². The summed E-state index contributed by atoms with van der Waals surface area (Å²) in [4.78, 5) is 19.1. The summed E-state index contributed by atoms with van der Waals surface area (Å²) in [6.07, 6.45) is 6.76. The van der Waals surface area contributed by atoms with Gasteiger partial charge in [0.15, 0.2) is 5.82 Å². The first kappa shape index (κ1) is 22.9. The Morgan fingerprint density at radius 1 is 1.06 bits per heavy atom. The molecule has 0 bridgehead atoms. The third kappa shape index (κ3) is 4.57. The van der Waals surface area contributed by atoms with Gasteiger partial charge < -0.3 is 4.90 Å². The zero-order chi connectivity index (χ0) is 22.9. The molecule has 2 aromatic heterocycles. The molecule has 1 aliphatic heterocycles. The molecule has 1 saturated heterocycles. The minimum absolute atomic E-state index is 0.0835. The molecule has 9 nitrogen and oxygen atoms in total. The first-order chi connectivity index (χ1) is 15.3. The van der Waals surface area contributed by atoms with Gasteiger partial charge in [-0.1, -0.05) is 19.3 Å². The number of rotatable bonds is 5. The smallest absolute Gasteiger partial charge is 0.282 e. The number of carbonyl (C=O) groups excluding carboxylic acids is 1. The lowest BCUT2D eigenvalue weighted by molar-refractivity contribution is 0.0692. The largest absolute Gasteiger partial charge is 0.336 e. The van der Waals surface area contributed by atoms with E-state index in [0.717, 1.165) is 37.1 Å². The molecule has 10 heteroatoms. The van der Waals surface area contributed by atoms with Crippen LogP contribution in [-0.2, 0) is 10.2 Å². The van der Waals surface area contributed by atoms with Crippen molar-refractivity contribution in [2.75, 3.05) is 33.2 Å². The zero-order valence-corrected chi connectivity index (χ0v) is 19.9. The van der Waals surface area contributed by atoms with Gasteiger partial charge in [0.1, 0.15) is 0 Å². The minimum Gasteiger partial charge on any atom is -0.336 e. The molecule has 32 heavy (non-hydrogen) atoms. The van der Waals surface area contributed by atoms with Crippen LogP contribution in [0.5, 0.6) is 0 Å². The number of hydrogen-bond acceptors (Lipinski definition) is 5. The number of aromatic nitrogens is 3. The van der Waals surface area contributed by atoms with E-state index in [1.165, 1.54) is 10.7 Å². The Bertz CT molecular complexity index is 1050. The fourth-order valence-corrected chi connectivity index (χ4v) is 6.19. The van der Waals surface area contributed by atoms with Crippen LogP contribution in [0.2, 0.25) is 0 Å². The second-order valence-corrected chi connectivity index (χ2v) is 10.7. The van der Waals surface area contributed by atoms with Gasteiger partial charge in [0.2, 0.25) is 0 Å². The van der Waals surface area contributed by atoms with E-state index in [9.17, 15) is 13.2 Å². The molecule has 0 N–H and O–H groups in total. The molecule has 1 amide bonds. The van der Waals surface area contributed by atoms with Crippen LogP contribution in [-0.4, -0.2) is 81.9 Å². The molecule has 0 aromatic carbocycles. The molecule has 1 aliphatic carbocycles. The van der Waals surface area contributed by atoms with Crippen molar-refractivity contribution in [1.29, 1.82) is 0 Å². The lowest BCUT2D eigenvalue weighted by atomic mass is 9.96. The van der Waals surface area contributed by atoms with Gasteiger partial charge in [0.25, 0.3) is 16.1 Å². The van der Waals surface area contributed by atoms with Gasteiger partial charge in [0.05, 0.1) is 11.3 Å². The van der Waals surface area contributed by atoms with Gasteiger partial charge >= 0.3 is 0 Å². The van der Waals surface area contributed by atoms with Crippen molar-refractivity contribution in [3.05, 3.63) is 41.3 Å². The van der Waals surface area contributed by atoms with E-state index >= 15 is 0 Å². The minimum atomic E-state index is -3.51. The van der Waals surface area contributed by atoms with Crippen LogP contribution in [0, 0.1) is 13.8 Å². The normalized spacial score (nSPS) is 18.9. The molecule has 3 heterocycles. The molecule has 1 saturated carbocycles. The lowest BCUT2D eigenvalue weighted by Crippen LogP contribution is -2.55. The highest BCUT2D eigenvalue weighted by atomic mass is 32.2. The van der Waals surface area contributed by atoms with Crippen molar-refractivity contribution < 1.29 is 13.2 Å². The Labute approximate surface area is 190 Å². The highest BCUT2D eigenvalue weighted by molar-refractivity contribution is 7.86. The van der Waals surface area contributed by atoms with E-state index in [4.69, 9.17) is 0 Å². The monoisotopic (exact) mass is 460 g/mol. The van der Waals surface area contributed by atoms with Crippen LogP contribution in [0.1, 0.15) is 53.8 Å². The van der Waals surface area contributed by atoms with E-state index in [-0.39, 0.29) is 11.9 Å². The molecule has 4 rings (SSSR count). The maximum atomic E-state index is 13.1. The molecule has 0 unspecified atom stereocenters. The molecule has 2 aliphatic rings. The van der Waals surface area contributed by atoms with Crippen LogP contribution < -0.4 is 0 Å². The Morgan fingerprint density at radius 2 is 1.75 bits per heavy atom. The summed E-state index contributed by atoms with van der Waals surface area (Å²) < 4.78 is 30.9. The molecule has 0 atom stereocenters. The predicted octanol–water partition coefficient (Wildman–Crippen LogP) is 2.15. The third-order valence-corrected chi connectivity index (χ3v) is 8.57. The molecule has 0 radical (unpaired) electrons. The summed E-state index contributed by atoms with van der Waals surface area (Å²) in [5, 5.41) is 4.42. The van der Waals surface area contributed by atoms with Crippen molar-refractivity contribution in [2.45, 2.75) is 52.0 Å². The van der Waals surface area contributed by atoms with Gasteiger partial charge in [-0.25, -0.2) is 9.67 Å². The summed E-state index contributed by atoms with van der Waals surface area (Å²) in [6, 6.07) is 5.59. The standard InChI is InChI=1S/C22H32N6O3S/c1-17-15-18(2)28(24-17)21-10-9-19(16-23-21)22(29)26-11-13-27(14-12-26)32(30,31)25(3)20-7-5-4-6-8-20/h9-10,15-16,20H,4-8,11-14H2,1-3H3. The van der Waals surface area contributed by atoms with Crippen molar-refractivity contribution in [3.63, 3.8) is 0 Å². The Morgan fingerprint density at radius 3 is 2.31 bits per heavy atom. The maximum absolute atomic E-state index is 13.1. The van der Waals surface area contributed by atoms with Crippen molar-refractivity contribution in [3.8, 4) is 5.82 Å². The first-order valence-electron chi connectivity index (χ1n) is 11.3. The second kappa shape index (κ2) is 9.29. The van der Waals surface area contributed by atoms with Gasteiger partial charge in [-0.3, -0.25) is 4.79 Å². The average molecular weight is 461 g/mol. The van der Waals surface area contributed by atoms with Crippen LogP contribution in [0.25, 0.3) is 5.82 Å².